The van der Waals surface area contributed by atoms with Gasteiger partial charge in [-0.05, 0) is 33.1 Å². The highest BCUT2D eigenvalue weighted by Gasteiger charge is 2.45. The van der Waals surface area contributed by atoms with Crippen LogP contribution in [-0.4, -0.2) is 58.3 Å². The summed E-state index contributed by atoms with van der Waals surface area (Å²) in [7, 11) is 1.73. The number of aryl methyl sites for hydroxylation is 1. The molecule has 0 amide bonds. The summed E-state index contributed by atoms with van der Waals surface area (Å²) in [6.45, 7) is 7.25. The fourth-order valence-corrected chi connectivity index (χ4v) is 4.51. The Labute approximate surface area is 158 Å². The number of aromatic nitrogens is 4. The molecule has 2 fully saturated rings. The van der Waals surface area contributed by atoms with Crippen molar-refractivity contribution in [2.24, 2.45) is 0 Å². The summed E-state index contributed by atoms with van der Waals surface area (Å²) in [5.74, 6) is 1.89. The Morgan fingerprint density at radius 2 is 2.23 bits per heavy atom. The van der Waals surface area contributed by atoms with E-state index in [0.717, 1.165) is 55.0 Å². The largest absolute Gasteiger partial charge is 0.383 e. The van der Waals surface area contributed by atoms with Crippen LogP contribution in [-0.2, 0) is 22.4 Å². The smallest absolute Gasteiger partial charge is 0.227 e. The number of hydrogen-bond donors (Lipinski definition) is 0. The summed E-state index contributed by atoms with van der Waals surface area (Å²) in [6.07, 6.45) is 4.26. The summed E-state index contributed by atoms with van der Waals surface area (Å²) < 4.78 is 13.7. The van der Waals surface area contributed by atoms with Crippen LogP contribution in [0.1, 0.15) is 42.7 Å². The normalized spacial score (nSPS) is 22.0. The van der Waals surface area contributed by atoms with E-state index in [0.29, 0.717) is 19.1 Å². The number of morpholine rings is 1. The average molecular weight is 378 g/mol. The molecule has 142 valence electrons. The van der Waals surface area contributed by atoms with Gasteiger partial charge in [0.2, 0.25) is 5.95 Å². The highest BCUT2D eigenvalue weighted by atomic mass is 32.1. The van der Waals surface area contributed by atoms with Crippen molar-refractivity contribution >= 4 is 17.3 Å². The molecule has 1 aliphatic heterocycles. The van der Waals surface area contributed by atoms with E-state index < -0.39 is 0 Å². The van der Waals surface area contributed by atoms with E-state index in [-0.39, 0.29) is 5.60 Å². The second-order valence-corrected chi connectivity index (χ2v) is 8.39. The fourth-order valence-electron chi connectivity index (χ4n) is 3.74. The van der Waals surface area contributed by atoms with Gasteiger partial charge in [0, 0.05) is 18.2 Å². The Balaban J connectivity index is 1.61. The molecule has 7 nitrogen and oxygen atoms in total. The van der Waals surface area contributed by atoms with Crippen LogP contribution < -0.4 is 4.90 Å². The minimum Gasteiger partial charge on any atom is -0.383 e. The van der Waals surface area contributed by atoms with Crippen LogP contribution in [0, 0.1) is 6.92 Å². The summed E-state index contributed by atoms with van der Waals surface area (Å²) in [5.41, 5.74) is 1.08. The number of methoxy groups -OCH3 is 1. The van der Waals surface area contributed by atoms with E-state index in [9.17, 15) is 0 Å². The zero-order valence-electron chi connectivity index (χ0n) is 15.8. The van der Waals surface area contributed by atoms with Crippen molar-refractivity contribution < 1.29 is 9.47 Å². The van der Waals surface area contributed by atoms with Gasteiger partial charge in [-0.15, -0.1) is 21.5 Å². The van der Waals surface area contributed by atoms with Crippen molar-refractivity contribution in [2.45, 2.75) is 57.7 Å². The monoisotopic (exact) mass is 377 g/mol. The third-order valence-corrected chi connectivity index (χ3v) is 6.41. The zero-order valence-corrected chi connectivity index (χ0v) is 16.6. The molecule has 3 heterocycles. The predicted molar refractivity (Wildman–Crippen MR) is 101 cm³/mol. The van der Waals surface area contributed by atoms with Gasteiger partial charge in [-0.3, -0.25) is 4.57 Å². The van der Waals surface area contributed by atoms with E-state index in [1.165, 1.54) is 6.42 Å². The molecule has 2 aromatic heterocycles. The highest BCUT2D eigenvalue weighted by Crippen LogP contribution is 2.40. The molecule has 1 aliphatic carbocycles. The maximum absolute atomic E-state index is 6.16. The van der Waals surface area contributed by atoms with Crippen LogP contribution in [0.2, 0.25) is 0 Å². The first-order chi connectivity index (χ1) is 12.6. The minimum absolute atomic E-state index is 0.0249. The highest BCUT2D eigenvalue weighted by molar-refractivity contribution is 7.09. The molecule has 26 heavy (non-hydrogen) atoms. The van der Waals surface area contributed by atoms with Gasteiger partial charge < -0.3 is 14.4 Å². The number of ether oxygens (including phenoxy) is 2. The molecular weight excluding hydrogens is 350 g/mol. The number of hydrogen-bond acceptors (Lipinski definition) is 7. The summed E-state index contributed by atoms with van der Waals surface area (Å²) >= 11 is 1.68. The lowest BCUT2D eigenvalue weighted by Crippen LogP contribution is -2.59. The quantitative estimate of drug-likeness (QED) is 0.770. The Hall–Kier alpha value is -1.51. The van der Waals surface area contributed by atoms with Crippen molar-refractivity contribution in [3.05, 3.63) is 21.9 Å². The summed E-state index contributed by atoms with van der Waals surface area (Å²) in [5, 5.41) is 12.2. The van der Waals surface area contributed by atoms with Crippen molar-refractivity contribution in [1.29, 1.82) is 0 Å². The molecule has 0 aromatic carbocycles. The lowest BCUT2D eigenvalue weighted by Gasteiger charge is -2.50. The minimum atomic E-state index is 0.0249. The fraction of sp³-hybridized carbons (Fsp3) is 0.722. The van der Waals surface area contributed by atoms with Gasteiger partial charge >= 0.3 is 0 Å². The molecule has 1 saturated carbocycles. The second-order valence-electron chi connectivity index (χ2n) is 7.44. The van der Waals surface area contributed by atoms with Crippen LogP contribution in [0.5, 0.6) is 0 Å². The first-order valence-corrected chi connectivity index (χ1v) is 10.2. The molecule has 0 N–H and O–H groups in total. The van der Waals surface area contributed by atoms with Crippen LogP contribution in [0.4, 0.5) is 5.95 Å². The third-order valence-electron chi connectivity index (χ3n) is 5.45. The molecule has 1 atom stereocenters. The van der Waals surface area contributed by atoms with Crippen LogP contribution in [0.25, 0.3) is 0 Å². The molecule has 1 spiro atoms. The van der Waals surface area contributed by atoms with Gasteiger partial charge in [-0.1, -0.05) is 0 Å². The van der Waals surface area contributed by atoms with Gasteiger partial charge in [-0.25, -0.2) is 4.98 Å². The molecular formula is C18H27N5O2S. The van der Waals surface area contributed by atoms with Crippen LogP contribution in [0.15, 0.2) is 5.38 Å². The molecule has 2 aliphatic rings. The Bertz CT molecular complexity index is 755. The molecule has 4 rings (SSSR count). The topological polar surface area (TPSA) is 65.3 Å². The lowest BCUT2D eigenvalue weighted by atomic mass is 9.78. The van der Waals surface area contributed by atoms with Crippen molar-refractivity contribution in [3.63, 3.8) is 0 Å². The standard InChI is InChI=1S/C18H27N5O2S/c1-13-11-26-16(19-13)9-15-20-21-17(22(15)7-8-24-3)23-12-18(5-4-6-18)25-10-14(23)2/h11,14H,4-10,12H2,1-3H3/t14-/m0/s1. The average Bonchev–Trinajstić information content (AvgIpc) is 3.19. The Kier molecular flexibility index (Phi) is 4.98. The maximum atomic E-state index is 6.16. The molecule has 0 bridgehead atoms. The number of rotatable bonds is 6. The Morgan fingerprint density at radius 3 is 2.88 bits per heavy atom. The first kappa shape index (κ1) is 17.9. The van der Waals surface area contributed by atoms with Gasteiger partial charge in [0.25, 0.3) is 0 Å². The Morgan fingerprint density at radius 1 is 1.38 bits per heavy atom. The van der Waals surface area contributed by atoms with Gasteiger partial charge in [0.1, 0.15) is 10.8 Å². The van der Waals surface area contributed by atoms with Crippen LogP contribution >= 0.6 is 11.3 Å². The van der Waals surface area contributed by atoms with E-state index in [4.69, 9.17) is 9.47 Å². The summed E-state index contributed by atoms with van der Waals surface area (Å²) in [4.78, 5) is 6.96. The van der Waals surface area contributed by atoms with E-state index in [2.05, 4.69) is 37.0 Å². The molecule has 0 radical (unpaired) electrons. The van der Waals surface area contributed by atoms with E-state index in [1.807, 2.05) is 6.92 Å². The van der Waals surface area contributed by atoms with Crippen molar-refractivity contribution in [2.75, 3.05) is 31.8 Å². The SMILES string of the molecule is COCCn1c(Cc2nc(C)cs2)nnc1N1CC2(CCC2)OC[C@@H]1C. The van der Waals surface area contributed by atoms with Gasteiger partial charge in [0.05, 0.1) is 44.4 Å². The molecule has 2 aromatic rings. The first-order valence-electron chi connectivity index (χ1n) is 9.33. The van der Waals surface area contributed by atoms with Gasteiger partial charge in [-0.2, -0.15) is 0 Å². The molecule has 8 heteroatoms. The predicted octanol–water partition coefficient (Wildman–Crippen LogP) is 2.43. The van der Waals surface area contributed by atoms with Crippen molar-refractivity contribution in [3.8, 4) is 0 Å². The number of nitrogens with zero attached hydrogens (tertiary/aromatic N) is 5. The number of anilines is 1. The van der Waals surface area contributed by atoms with E-state index in [1.54, 1.807) is 18.4 Å². The zero-order chi connectivity index (χ0) is 18.1. The second kappa shape index (κ2) is 7.25. The number of thiazole rings is 1. The maximum Gasteiger partial charge on any atom is 0.227 e. The van der Waals surface area contributed by atoms with Gasteiger partial charge in [0.15, 0.2) is 0 Å². The van der Waals surface area contributed by atoms with Crippen molar-refractivity contribution in [1.82, 2.24) is 19.7 Å². The summed E-state index contributed by atoms with van der Waals surface area (Å²) in [6, 6.07) is 0.293. The molecule has 1 saturated heterocycles. The third kappa shape index (κ3) is 3.37. The van der Waals surface area contributed by atoms with Crippen LogP contribution in [0.3, 0.4) is 0 Å². The lowest BCUT2D eigenvalue weighted by molar-refractivity contribution is -0.117. The van der Waals surface area contributed by atoms with E-state index >= 15 is 0 Å². The molecule has 0 unspecified atom stereocenters.